The molecule has 2 rings (SSSR count). The number of aryl methyl sites for hydroxylation is 1. The van der Waals surface area contributed by atoms with Crippen LogP contribution in [0, 0.1) is 10.1 Å². The van der Waals surface area contributed by atoms with Crippen LogP contribution in [0.1, 0.15) is 12.1 Å². The lowest BCUT2D eigenvalue weighted by Gasteiger charge is -2.06. The number of anilines is 1. The van der Waals surface area contributed by atoms with E-state index >= 15 is 0 Å². The Labute approximate surface area is 104 Å². The molecule has 0 bridgehead atoms. The Hall–Kier alpha value is -2.37. The van der Waals surface area contributed by atoms with Crippen LogP contribution in [-0.4, -0.2) is 21.7 Å². The van der Waals surface area contributed by atoms with Crippen molar-refractivity contribution >= 4 is 11.4 Å². The zero-order valence-corrected chi connectivity index (χ0v) is 9.80. The second kappa shape index (κ2) is 5.81. The number of nitro groups is 1. The molecule has 0 saturated carbocycles. The number of para-hydroxylation sites is 2. The molecular weight excluding hydrogens is 232 g/mol. The van der Waals surface area contributed by atoms with Crippen molar-refractivity contribution in [2.45, 2.75) is 12.8 Å². The fraction of sp³-hybridized carbons (Fsp3) is 0.250. The first kappa shape index (κ1) is 12.1. The van der Waals surface area contributed by atoms with Crippen LogP contribution in [-0.2, 0) is 6.42 Å². The Kier molecular flexibility index (Phi) is 3.90. The van der Waals surface area contributed by atoms with E-state index in [1.54, 1.807) is 24.4 Å². The van der Waals surface area contributed by atoms with Crippen LogP contribution in [0.15, 0.2) is 36.5 Å². The first-order chi connectivity index (χ1) is 8.77. The highest BCUT2D eigenvalue weighted by Gasteiger charge is 2.10. The minimum Gasteiger partial charge on any atom is -0.379 e. The molecular formula is C12H14N4O2. The second-order valence-electron chi connectivity index (χ2n) is 3.89. The number of aromatic amines is 1. The minimum absolute atomic E-state index is 0.110. The predicted octanol–water partition coefficient (Wildman–Crippen LogP) is 2.36. The number of H-pyrrole nitrogens is 1. The predicted molar refractivity (Wildman–Crippen MR) is 68.5 cm³/mol. The molecule has 0 spiro atoms. The lowest BCUT2D eigenvalue weighted by molar-refractivity contribution is -0.384. The van der Waals surface area contributed by atoms with Gasteiger partial charge in [-0.15, -0.1) is 0 Å². The third-order valence-corrected chi connectivity index (χ3v) is 2.60. The molecule has 1 aromatic carbocycles. The van der Waals surface area contributed by atoms with Crippen molar-refractivity contribution < 1.29 is 4.92 Å². The number of aromatic nitrogens is 2. The summed E-state index contributed by atoms with van der Waals surface area (Å²) in [6, 6.07) is 8.58. The van der Waals surface area contributed by atoms with Crippen LogP contribution in [0.3, 0.4) is 0 Å². The summed E-state index contributed by atoms with van der Waals surface area (Å²) in [5.74, 6) is 0. The van der Waals surface area contributed by atoms with E-state index in [1.807, 2.05) is 6.07 Å². The molecule has 0 radical (unpaired) electrons. The Bertz CT molecular complexity index is 511. The number of nitro benzene ring substituents is 1. The largest absolute Gasteiger partial charge is 0.379 e. The van der Waals surface area contributed by atoms with Crippen LogP contribution in [0.5, 0.6) is 0 Å². The van der Waals surface area contributed by atoms with Crippen LogP contribution in [0.2, 0.25) is 0 Å². The van der Waals surface area contributed by atoms with Crippen LogP contribution < -0.4 is 5.32 Å². The van der Waals surface area contributed by atoms with Crippen molar-refractivity contribution in [1.82, 2.24) is 10.2 Å². The van der Waals surface area contributed by atoms with Gasteiger partial charge in [-0.1, -0.05) is 12.1 Å². The van der Waals surface area contributed by atoms with Gasteiger partial charge in [-0.25, -0.2) is 0 Å². The van der Waals surface area contributed by atoms with Crippen molar-refractivity contribution in [3.8, 4) is 0 Å². The normalized spacial score (nSPS) is 10.2. The topological polar surface area (TPSA) is 83.8 Å². The molecule has 0 fully saturated rings. The van der Waals surface area contributed by atoms with E-state index in [1.165, 1.54) is 6.07 Å². The van der Waals surface area contributed by atoms with Gasteiger partial charge in [0, 0.05) is 24.5 Å². The van der Waals surface area contributed by atoms with E-state index < -0.39 is 0 Å². The Morgan fingerprint density at radius 3 is 2.89 bits per heavy atom. The summed E-state index contributed by atoms with van der Waals surface area (Å²) in [6.45, 7) is 0.684. The summed E-state index contributed by atoms with van der Waals surface area (Å²) in [4.78, 5) is 10.4. The molecule has 0 aliphatic rings. The van der Waals surface area contributed by atoms with Gasteiger partial charge in [-0.2, -0.15) is 5.10 Å². The summed E-state index contributed by atoms with van der Waals surface area (Å²) in [5, 5.41) is 20.6. The maximum Gasteiger partial charge on any atom is 0.292 e. The SMILES string of the molecule is O=[N+]([O-])c1ccccc1NCCCc1ccn[nH]1. The van der Waals surface area contributed by atoms with E-state index in [0.29, 0.717) is 12.2 Å². The first-order valence-electron chi connectivity index (χ1n) is 5.73. The number of nitrogens with one attached hydrogen (secondary N) is 2. The Balaban J connectivity index is 1.85. The maximum absolute atomic E-state index is 10.8. The molecule has 2 aromatic rings. The smallest absolute Gasteiger partial charge is 0.292 e. The maximum atomic E-state index is 10.8. The summed E-state index contributed by atoms with van der Waals surface area (Å²) in [7, 11) is 0. The van der Waals surface area contributed by atoms with Gasteiger partial charge in [0.25, 0.3) is 5.69 Å². The number of hydrogen-bond acceptors (Lipinski definition) is 4. The van der Waals surface area contributed by atoms with Gasteiger partial charge < -0.3 is 5.32 Å². The first-order valence-corrected chi connectivity index (χ1v) is 5.73. The van der Waals surface area contributed by atoms with E-state index in [2.05, 4.69) is 15.5 Å². The summed E-state index contributed by atoms with van der Waals surface area (Å²) >= 11 is 0. The average Bonchev–Trinajstić information content (AvgIpc) is 2.88. The van der Waals surface area contributed by atoms with Crippen LogP contribution in [0.25, 0.3) is 0 Å². The fourth-order valence-electron chi connectivity index (χ4n) is 1.71. The number of nitrogens with zero attached hydrogens (tertiary/aromatic N) is 2. The molecule has 0 saturated heterocycles. The molecule has 0 aliphatic carbocycles. The summed E-state index contributed by atoms with van der Waals surface area (Å²) in [5.41, 5.74) is 1.74. The molecule has 18 heavy (non-hydrogen) atoms. The number of benzene rings is 1. The van der Waals surface area contributed by atoms with Crippen molar-refractivity contribution in [1.29, 1.82) is 0 Å². The highest BCUT2D eigenvalue weighted by atomic mass is 16.6. The fourth-order valence-corrected chi connectivity index (χ4v) is 1.71. The lowest BCUT2D eigenvalue weighted by Crippen LogP contribution is -2.05. The molecule has 0 aliphatic heterocycles. The molecule has 0 unspecified atom stereocenters. The van der Waals surface area contributed by atoms with Crippen LogP contribution in [0.4, 0.5) is 11.4 Å². The van der Waals surface area contributed by atoms with Gasteiger partial charge in [0.1, 0.15) is 5.69 Å². The van der Waals surface area contributed by atoms with Crippen molar-refractivity contribution in [2.24, 2.45) is 0 Å². The zero-order chi connectivity index (χ0) is 12.8. The van der Waals surface area contributed by atoms with E-state index in [4.69, 9.17) is 0 Å². The van der Waals surface area contributed by atoms with Crippen molar-refractivity contribution in [3.05, 3.63) is 52.3 Å². The zero-order valence-electron chi connectivity index (χ0n) is 9.80. The molecule has 0 amide bonds. The summed E-state index contributed by atoms with van der Waals surface area (Å²) < 4.78 is 0. The highest BCUT2D eigenvalue weighted by Crippen LogP contribution is 2.22. The average molecular weight is 246 g/mol. The monoisotopic (exact) mass is 246 g/mol. The third-order valence-electron chi connectivity index (χ3n) is 2.60. The lowest BCUT2D eigenvalue weighted by atomic mass is 10.2. The van der Waals surface area contributed by atoms with Crippen LogP contribution >= 0.6 is 0 Å². The summed E-state index contributed by atoms with van der Waals surface area (Å²) in [6.07, 6.45) is 3.46. The molecule has 1 heterocycles. The van der Waals surface area contributed by atoms with E-state index in [-0.39, 0.29) is 10.6 Å². The molecule has 6 heteroatoms. The van der Waals surface area contributed by atoms with E-state index in [9.17, 15) is 10.1 Å². The third kappa shape index (κ3) is 3.07. The number of hydrogen-bond donors (Lipinski definition) is 2. The molecule has 94 valence electrons. The molecule has 2 N–H and O–H groups in total. The Morgan fingerprint density at radius 2 is 2.17 bits per heavy atom. The molecule has 1 aromatic heterocycles. The van der Waals surface area contributed by atoms with Crippen molar-refractivity contribution in [2.75, 3.05) is 11.9 Å². The van der Waals surface area contributed by atoms with Gasteiger partial charge in [-0.05, 0) is 25.0 Å². The molecule has 6 nitrogen and oxygen atoms in total. The van der Waals surface area contributed by atoms with Gasteiger partial charge in [-0.3, -0.25) is 15.2 Å². The van der Waals surface area contributed by atoms with Gasteiger partial charge in [0.15, 0.2) is 0 Å². The number of rotatable bonds is 6. The quantitative estimate of drug-likeness (QED) is 0.465. The van der Waals surface area contributed by atoms with Gasteiger partial charge in [0.05, 0.1) is 4.92 Å². The standard InChI is InChI=1S/C12H14N4O2/c17-16(18)12-6-2-1-5-11(12)13-8-3-4-10-7-9-14-15-10/h1-2,5-7,9,13H,3-4,8H2,(H,14,15). The molecule has 0 atom stereocenters. The highest BCUT2D eigenvalue weighted by molar-refractivity contribution is 5.60. The Morgan fingerprint density at radius 1 is 1.33 bits per heavy atom. The van der Waals surface area contributed by atoms with E-state index in [0.717, 1.165) is 18.5 Å². The second-order valence-corrected chi connectivity index (χ2v) is 3.89. The van der Waals surface area contributed by atoms with Crippen molar-refractivity contribution in [3.63, 3.8) is 0 Å². The van der Waals surface area contributed by atoms with Gasteiger partial charge >= 0.3 is 0 Å². The minimum atomic E-state index is -0.378. The van der Waals surface area contributed by atoms with Gasteiger partial charge in [0.2, 0.25) is 0 Å².